The Bertz CT molecular complexity index is 635. The van der Waals surface area contributed by atoms with Gasteiger partial charge in [-0.2, -0.15) is 0 Å². The molecule has 0 saturated heterocycles. The fraction of sp³-hybridized carbons (Fsp3) is 0.133. The Hall–Kier alpha value is -1.75. The summed E-state index contributed by atoms with van der Waals surface area (Å²) in [6, 6.07) is 7.14. The lowest BCUT2D eigenvalue weighted by atomic mass is 10.0. The van der Waals surface area contributed by atoms with Crippen molar-refractivity contribution in [2.45, 2.75) is 11.3 Å². The molecule has 0 aliphatic heterocycles. The lowest BCUT2D eigenvalue weighted by molar-refractivity contribution is 0.0989. The second-order valence-corrected chi connectivity index (χ2v) is 5.10. The third-order valence-electron chi connectivity index (χ3n) is 2.76. The lowest BCUT2D eigenvalue weighted by Crippen LogP contribution is -2.07. The first-order chi connectivity index (χ1) is 9.49. The Kier molecular flexibility index (Phi) is 4.49. The standard InChI is InChI=1S/C15H11F3OS/c1-20-12-2-3-13(14(18)8-12)15(19)6-9-4-10(16)7-11(17)5-9/h2-5,7-8H,6H2,1H3. The molecule has 0 aliphatic carbocycles. The number of hydrogen-bond donors (Lipinski definition) is 0. The van der Waals surface area contributed by atoms with Crippen molar-refractivity contribution in [2.75, 3.05) is 6.26 Å². The number of Topliss-reactive ketones (excluding diaryl/α,β-unsaturated/α-hetero) is 1. The minimum atomic E-state index is -0.758. The molecular formula is C15H11F3OS. The molecule has 0 fully saturated rings. The van der Waals surface area contributed by atoms with Crippen LogP contribution in [-0.4, -0.2) is 12.0 Å². The summed E-state index contributed by atoms with van der Waals surface area (Å²) < 4.78 is 39.8. The van der Waals surface area contributed by atoms with E-state index in [-0.39, 0.29) is 17.5 Å². The van der Waals surface area contributed by atoms with E-state index in [0.717, 1.165) is 18.2 Å². The Labute approximate surface area is 118 Å². The second kappa shape index (κ2) is 6.13. The first-order valence-electron chi connectivity index (χ1n) is 5.81. The van der Waals surface area contributed by atoms with Crippen molar-refractivity contribution < 1.29 is 18.0 Å². The zero-order valence-electron chi connectivity index (χ0n) is 10.6. The van der Waals surface area contributed by atoms with E-state index in [0.29, 0.717) is 4.90 Å². The number of benzene rings is 2. The molecule has 0 bridgehead atoms. The highest BCUT2D eigenvalue weighted by Gasteiger charge is 2.14. The van der Waals surface area contributed by atoms with Gasteiger partial charge in [-0.25, -0.2) is 13.2 Å². The van der Waals surface area contributed by atoms with Gasteiger partial charge in [0.05, 0.1) is 5.56 Å². The van der Waals surface area contributed by atoms with E-state index < -0.39 is 23.2 Å². The van der Waals surface area contributed by atoms with E-state index in [1.54, 1.807) is 12.3 Å². The summed E-state index contributed by atoms with van der Waals surface area (Å²) >= 11 is 1.36. The van der Waals surface area contributed by atoms with Crippen molar-refractivity contribution in [3.05, 3.63) is 65.0 Å². The molecule has 2 aromatic carbocycles. The van der Waals surface area contributed by atoms with Crippen LogP contribution in [0.3, 0.4) is 0 Å². The SMILES string of the molecule is CSc1ccc(C(=O)Cc2cc(F)cc(F)c2)c(F)c1. The maximum Gasteiger partial charge on any atom is 0.170 e. The van der Waals surface area contributed by atoms with E-state index in [1.807, 2.05) is 0 Å². The summed E-state index contributed by atoms with van der Waals surface area (Å²) in [6.07, 6.45) is 1.55. The van der Waals surface area contributed by atoms with Crippen molar-refractivity contribution in [2.24, 2.45) is 0 Å². The van der Waals surface area contributed by atoms with Crippen LogP contribution in [0.1, 0.15) is 15.9 Å². The lowest BCUT2D eigenvalue weighted by Gasteiger charge is -2.05. The maximum absolute atomic E-state index is 13.8. The average Bonchev–Trinajstić information content (AvgIpc) is 2.36. The average molecular weight is 296 g/mol. The van der Waals surface area contributed by atoms with E-state index in [1.165, 1.54) is 23.9 Å². The molecule has 104 valence electrons. The summed E-state index contributed by atoms with van der Waals surface area (Å²) in [5.74, 6) is -2.66. The summed E-state index contributed by atoms with van der Waals surface area (Å²) in [5.41, 5.74) is 0.105. The molecule has 0 aliphatic rings. The van der Waals surface area contributed by atoms with Gasteiger partial charge in [-0.05, 0) is 42.2 Å². The molecule has 0 unspecified atom stereocenters. The number of rotatable bonds is 4. The molecule has 0 atom stereocenters. The first kappa shape index (κ1) is 14.7. The summed E-state index contributed by atoms with van der Waals surface area (Å²) in [6.45, 7) is 0. The second-order valence-electron chi connectivity index (χ2n) is 4.22. The van der Waals surface area contributed by atoms with Gasteiger partial charge in [0.1, 0.15) is 17.5 Å². The van der Waals surface area contributed by atoms with Crippen LogP contribution in [0, 0.1) is 17.5 Å². The van der Waals surface area contributed by atoms with Gasteiger partial charge in [0, 0.05) is 17.4 Å². The van der Waals surface area contributed by atoms with Crippen LogP contribution in [0.25, 0.3) is 0 Å². The Morgan fingerprint density at radius 2 is 1.70 bits per heavy atom. The molecule has 0 spiro atoms. The largest absolute Gasteiger partial charge is 0.294 e. The van der Waals surface area contributed by atoms with Crippen LogP contribution in [0.2, 0.25) is 0 Å². The third-order valence-corrected chi connectivity index (χ3v) is 3.49. The van der Waals surface area contributed by atoms with E-state index >= 15 is 0 Å². The molecule has 0 amide bonds. The minimum absolute atomic E-state index is 0.0764. The smallest absolute Gasteiger partial charge is 0.170 e. The van der Waals surface area contributed by atoms with Crippen LogP contribution in [0.4, 0.5) is 13.2 Å². The number of thioether (sulfide) groups is 1. The number of carbonyl (C=O) groups is 1. The topological polar surface area (TPSA) is 17.1 Å². The normalized spacial score (nSPS) is 10.6. The first-order valence-corrected chi connectivity index (χ1v) is 7.04. The molecule has 2 aromatic rings. The number of hydrogen-bond acceptors (Lipinski definition) is 2. The van der Waals surface area contributed by atoms with Gasteiger partial charge in [-0.15, -0.1) is 11.8 Å². The Morgan fingerprint density at radius 3 is 2.25 bits per heavy atom. The number of halogens is 3. The van der Waals surface area contributed by atoms with Crippen molar-refractivity contribution in [1.82, 2.24) is 0 Å². The molecule has 0 heterocycles. The molecule has 20 heavy (non-hydrogen) atoms. The van der Waals surface area contributed by atoms with Crippen LogP contribution in [0.15, 0.2) is 41.3 Å². The monoisotopic (exact) mass is 296 g/mol. The third kappa shape index (κ3) is 3.42. The zero-order valence-corrected chi connectivity index (χ0v) is 11.4. The van der Waals surface area contributed by atoms with Gasteiger partial charge in [0.25, 0.3) is 0 Å². The highest BCUT2D eigenvalue weighted by Crippen LogP contribution is 2.20. The zero-order chi connectivity index (χ0) is 14.7. The van der Waals surface area contributed by atoms with Crippen LogP contribution >= 0.6 is 11.8 Å². The van der Waals surface area contributed by atoms with Gasteiger partial charge in [-0.3, -0.25) is 4.79 Å². The van der Waals surface area contributed by atoms with Gasteiger partial charge in [-0.1, -0.05) is 0 Å². The fourth-order valence-electron chi connectivity index (χ4n) is 1.84. The van der Waals surface area contributed by atoms with Crippen molar-refractivity contribution in [3.8, 4) is 0 Å². The van der Waals surface area contributed by atoms with Crippen LogP contribution in [-0.2, 0) is 6.42 Å². The molecule has 1 nitrogen and oxygen atoms in total. The summed E-state index contributed by atoms with van der Waals surface area (Å²) in [5, 5.41) is 0. The molecule has 5 heteroatoms. The Balaban J connectivity index is 2.23. The highest BCUT2D eigenvalue weighted by atomic mass is 32.2. The molecule has 0 N–H and O–H groups in total. The van der Waals surface area contributed by atoms with E-state index in [2.05, 4.69) is 0 Å². The van der Waals surface area contributed by atoms with Crippen molar-refractivity contribution in [3.63, 3.8) is 0 Å². The van der Waals surface area contributed by atoms with Crippen molar-refractivity contribution >= 4 is 17.5 Å². The van der Waals surface area contributed by atoms with E-state index in [9.17, 15) is 18.0 Å². The predicted molar refractivity (Wildman–Crippen MR) is 72.6 cm³/mol. The van der Waals surface area contributed by atoms with Gasteiger partial charge in [0.15, 0.2) is 5.78 Å². The molecule has 0 aromatic heterocycles. The molecule has 0 radical (unpaired) electrons. The van der Waals surface area contributed by atoms with E-state index in [4.69, 9.17) is 0 Å². The van der Waals surface area contributed by atoms with Gasteiger partial charge >= 0.3 is 0 Å². The minimum Gasteiger partial charge on any atom is -0.294 e. The summed E-state index contributed by atoms with van der Waals surface area (Å²) in [7, 11) is 0. The number of carbonyl (C=O) groups excluding carboxylic acids is 1. The molecular weight excluding hydrogens is 285 g/mol. The van der Waals surface area contributed by atoms with Gasteiger partial charge in [0.2, 0.25) is 0 Å². The molecule has 2 rings (SSSR count). The predicted octanol–water partition coefficient (Wildman–Crippen LogP) is 4.25. The van der Waals surface area contributed by atoms with Crippen LogP contribution < -0.4 is 0 Å². The highest BCUT2D eigenvalue weighted by molar-refractivity contribution is 7.98. The summed E-state index contributed by atoms with van der Waals surface area (Å²) in [4.78, 5) is 12.7. The maximum atomic E-state index is 13.8. The molecule has 0 saturated carbocycles. The fourth-order valence-corrected chi connectivity index (χ4v) is 2.27. The van der Waals surface area contributed by atoms with Crippen LogP contribution in [0.5, 0.6) is 0 Å². The quantitative estimate of drug-likeness (QED) is 0.619. The van der Waals surface area contributed by atoms with Crippen molar-refractivity contribution in [1.29, 1.82) is 0 Å². The number of ketones is 1. The van der Waals surface area contributed by atoms with Gasteiger partial charge < -0.3 is 0 Å². The Morgan fingerprint density at radius 1 is 1.05 bits per heavy atom.